The Bertz CT molecular complexity index is 1390. The number of pyridine rings is 2. The van der Waals surface area contributed by atoms with Crippen LogP contribution in [0, 0.1) is 0 Å². The minimum Gasteiger partial charge on any atom is -0.506 e. The van der Waals surface area contributed by atoms with Gasteiger partial charge in [-0.1, -0.05) is 24.3 Å². The van der Waals surface area contributed by atoms with Gasteiger partial charge in [0.2, 0.25) is 0 Å². The van der Waals surface area contributed by atoms with Crippen LogP contribution in [0.15, 0.2) is 59.5 Å². The Labute approximate surface area is 170 Å². The maximum Gasteiger partial charge on any atom is 0.322 e. The summed E-state index contributed by atoms with van der Waals surface area (Å²) in [6.07, 6.45) is 1.73. The topological polar surface area (TPSA) is 122 Å². The lowest BCUT2D eigenvalue weighted by molar-refractivity contribution is -0.135. The normalized spacial score (nSPS) is 11.0. The zero-order chi connectivity index (χ0) is 21.4. The first-order chi connectivity index (χ1) is 14.4. The molecule has 0 aliphatic rings. The molecule has 3 N–H and O–H groups in total. The monoisotopic (exact) mass is 403 g/mol. The summed E-state index contributed by atoms with van der Waals surface area (Å²) in [4.78, 5) is 40.1. The number of hydrogen-bond acceptors (Lipinski definition) is 5. The number of carbonyl (C=O) groups is 2. The molecule has 30 heavy (non-hydrogen) atoms. The molecule has 4 aromatic rings. The minimum absolute atomic E-state index is 0.301. The zero-order valence-electron chi connectivity index (χ0n) is 15.9. The third-order valence-corrected chi connectivity index (χ3v) is 4.92. The van der Waals surface area contributed by atoms with E-state index in [0.717, 1.165) is 22.0 Å². The molecule has 150 valence electrons. The average Bonchev–Trinajstić information content (AvgIpc) is 2.75. The van der Waals surface area contributed by atoms with Gasteiger partial charge in [-0.2, -0.15) is 0 Å². The second-order valence-electron chi connectivity index (χ2n) is 6.81. The first kappa shape index (κ1) is 19.1. The molecule has 0 spiro atoms. The molecule has 8 heteroatoms. The van der Waals surface area contributed by atoms with Gasteiger partial charge in [0, 0.05) is 29.6 Å². The first-order valence-corrected chi connectivity index (χ1v) is 9.07. The number of nitrogens with one attached hydrogen (secondary N) is 1. The Balaban J connectivity index is 1.84. The molecule has 4 rings (SSSR count). The van der Waals surface area contributed by atoms with Crippen molar-refractivity contribution in [2.75, 3.05) is 6.54 Å². The number of nitrogens with zero attached hydrogens (tertiary/aromatic N) is 2. The molecule has 0 aliphatic heterocycles. The Morgan fingerprint density at radius 2 is 1.87 bits per heavy atom. The highest BCUT2D eigenvalue weighted by molar-refractivity contribution is 6.03. The highest BCUT2D eigenvalue weighted by Crippen LogP contribution is 2.31. The number of aromatic nitrogens is 2. The molecule has 1 amide bonds. The van der Waals surface area contributed by atoms with Gasteiger partial charge in [0.15, 0.2) is 0 Å². The van der Waals surface area contributed by atoms with E-state index in [1.54, 1.807) is 24.4 Å². The van der Waals surface area contributed by atoms with E-state index >= 15 is 0 Å². The van der Waals surface area contributed by atoms with Gasteiger partial charge in [0.25, 0.3) is 11.5 Å². The number of carboxylic acid groups (broad SMARTS) is 1. The molecule has 0 saturated carbocycles. The van der Waals surface area contributed by atoms with Crippen molar-refractivity contribution in [3.05, 3.63) is 70.6 Å². The number of para-hydroxylation sites is 1. The average molecular weight is 403 g/mol. The van der Waals surface area contributed by atoms with Crippen molar-refractivity contribution in [1.82, 2.24) is 14.9 Å². The Hall–Kier alpha value is -4.20. The number of rotatable bonds is 4. The van der Waals surface area contributed by atoms with Crippen LogP contribution in [0.1, 0.15) is 10.4 Å². The van der Waals surface area contributed by atoms with E-state index in [-0.39, 0.29) is 0 Å². The Kier molecular flexibility index (Phi) is 4.67. The molecule has 0 radical (unpaired) electrons. The molecular formula is C22H17N3O5. The van der Waals surface area contributed by atoms with Crippen LogP contribution in [0.25, 0.3) is 32.9 Å². The lowest BCUT2D eigenvalue weighted by Crippen LogP contribution is -2.35. The quantitative estimate of drug-likeness (QED) is 0.481. The van der Waals surface area contributed by atoms with Gasteiger partial charge in [-0.05, 0) is 29.8 Å². The van der Waals surface area contributed by atoms with Crippen molar-refractivity contribution < 1.29 is 19.8 Å². The molecule has 2 heterocycles. The summed E-state index contributed by atoms with van der Waals surface area (Å²) >= 11 is 0. The maximum absolute atomic E-state index is 12.7. The molecule has 0 fully saturated rings. The number of fused-ring (bicyclic) bond motifs is 2. The molecule has 2 aromatic carbocycles. The van der Waals surface area contributed by atoms with Crippen LogP contribution in [0.4, 0.5) is 0 Å². The standard InChI is InChI=1S/C22H17N3O5/c1-25-17-9-12(14-8-13-4-2-3-5-16(13)23-10-14)6-7-15(17)20(28)19(22(25)30)21(29)24-11-18(26)27/h2-10,28H,11H2,1H3,(H,24,29)(H,26,27). The van der Waals surface area contributed by atoms with Gasteiger partial charge in [-0.25, -0.2) is 0 Å². The SMILES string of the molecule is Cn1c(=O)c(C(=O)NCC(=O)O)c(O)c2ccc(-c3cnc4ccccc4c3)cc21. The van der Waals surface area contributed by atoms with E-state index in [2.05, 4.69) is 10.3 Å². The number of carbonyl (C=O) groups excluding carboxylic acids is 1. The lowest BCUT2D eigenvalue weighted by Gasteiger charge is -2.13. The fourth-order valence-corrected chi connectivity index (χ4v) is 3.38. The summed E-state index contributed by atoms with van der Waals surface area (Å²) in [5.74, 6) is -2.69. The summed E-state index contributed by atoms with van der Waals surface area (Å²) in [6.45, 7) is -0.659. The molecule has 0 atom stereocenters. The molecular weight excluding hydrogens is 386 g/mol. The van der Waals surface area contributed by atoms with Crippen molar-refractivity contribution in [1.29, 1.82) is 0 Å². The van der Waals surface area contributed by atoms with E-state index in [1.165, 1.54) is 11.6 Å². The second kappa shape index (κ2) is 7.32. The second-order valence-corrected chi connectivity index (χ2v) is 6.81. The highest BCUT2D eigenvalue weighted by Gasteiger charge is 2.21. The van der Waals surface area contributed by atoms with Crippen LogP contribution in [-0.4, -0.2) is 38.2 Å². The van der Waals surface area contributed by atoms with Gasteiger partial charge in [-0.15, -0.1) is 0 Å². The number of aromatic hydroxyl groups is 1. The predicted octanol–water partition coefficient (Wildman–Crippen LogP) is 2.27. The van der Waals surface area contributed by atoms with E-state index in [1.807, 2.05) is 30.3 Å². The van der Waals surface area contributed by atoms with Crippen molar-refractivity contribution in [2.45, 2.75) is 0 Å². The van der Waals surface area contributed by atoms with E-state index in [4.69, 9.17) is 5.11 Å². The number of carboxylic acids is 1. The molecule has 0 aliphatic carbocycles. The predicted molar refractivity (Wildman–Crippen MR) is 112 cm³/mol. The minimum atomic E-state index is -1.26. The number of hydrogen-bond donors (Lipinski definition) is 3. The van der Waals surface area contributed by atoms with Crippen LogP contribution in [0.2, 0.25) is 0 Å². The van der Waals surface area contributed by atoms with Gasteiger partial charge < -0.3 is 20.1 Å². The first-order valence-electron chi connectivity index (χ1n) is 9.07. The van der Waals surface area contributed by atoms with Gasteiger partial charge in [-0.3, -0.25) is 19.4 Å². The molecule has 0 saturated heterocycles. The van der Waals surface area contributed by atoms with E-state index < -0.39 is 35.3 Å². The molecule has 8 nitrogen and oxygen atoms in total. The summed E-state index contributed by atoms with van der Waals surface area (Å²) in [5, 5.41) is 22.6. The Morgan fingerprint density at radius 1 is 1.10 bits per heavy atom. The zero-order valence-corrected chi connectivity index (χ0v) is 15.9. The highest BCUT2D eigenvalue weighted by atomic mass is 16.4. The van der Waals surface area contributed by atoms with Crippen molar-refractivity contribution in [3.8, 4) is 16.9 Å². The van der Waals surface area contributed by atoms with Crippen molar-refractivity contribution >= 4 is 33.7 Å². The number of aliphatic carboxylic acids is 1. The summed E-state index contributed by atoms with van der Waals surface area (Å²) < 4.78 is 1.25. The van der Waals surface area contributed by atoms with Crippen molar-refractivity contribution in [3.63, 3.8) is 0 Å². The fraction of sp³-hybridized carbons (Fsp3) is 0.0909. The van der Waals surface area contributed by atoms with Gasteiger partial charge in [0.1, 0.15) is 17.9 Å². The van der Waals surface area contributed by atoms with E-state index in [0.29, 0.717) is 10.9 Å². The van der Waals surface area contributed by atoms with Crippen LogP contribution in [-0.2, 0) is 11.8 Å². The van der Waals surface area contributed by atoms with Crippen LogP contribution < -0.4 is 10.9 Å². The van der Waals surface area contributed by atoms with E-state index in [9.17, 15) is 19.5 Å². The molecule has 0 unspecified atom stereocenters. The number of benzene rings is 2. The molecule has 0 bridgehead atoms. The smallest absolute Gasteiger partial charge is 0.322 e. The van der Waals surface area contributed by atoms with Gasteiger partial charge in [0.05, 0.1) is 11.0 Å². The third-order valence-electron chi connectivity index (χ3n) is 4.92. The van der Waals surface area contributed by atoms with Crippen LogP contribution in [0.3, 0.4) is 0 Å². The molecule has 2 aromatic heterocycles. The fourth-order valence-electron chi connectivity index (χ4n) is 3.38. The van der Waals surface area contributed by atoms with Crippen LogP contribution >= 0.6 is 0 Å². The Morgan fingerprint density at radius 3 is 2.63 bits per heavy atom. The largest absolute Gasteiger partial charge is 0.506 e. The summed E-state index contributed by atoms with van der Waals surface area (Å²) in [5.41, 5.74) is 1.70. The third kappa shape index (κ3) is 3.24. The van der Waals surface area contributed by atoms with Crippen LogP contribution in [0.5, 0.6) is 5.75 Å². The number of aryl methyl sites for hydroxylation is 1. The lowest BCUT2D eigenvalue weighted by atomic mass is 10.0. The van der Waals surface area contributed by atoms with Crippen molar-refractivity contribution in [2.24, 2.45) is 7.05 Å². The maximum atomic E-state index is 12.7. The number of amides is 1. The summed E-state index contributed by atoms with van der Waals surface area (Å²) in [7, 11) is 1.49. The van der Waals surface area contributed by atoms with Gasteiger partial charge >= 0.3 is 5.97 Å². The summed E-state index contributed by atoms with van der Waals surface area (Å²) in [6, 6.07) is 14.8.